The summed E-state index contributed by atoms with van der Waals surface area (Å²) >= 11 is 1.50. The van der Waals surface area contributed by atoms with Gasteiger partial charge in [-0.3, -0.25) is 14.0 Å². The van der Waals surface area contributed by atoms with E-state index < -0.39 is 0 Å². The topological polar surface area (TPSA) is 80.2 Å². The molecule has 1 saturated heterocycles. The number of hydrogen-bond donors (Lipinski definition) is 0. The van der Waals surface area contributed by atoms with Gasteiger partial charge in [0, 0.05) is 63.4 Å². The third-order valence-corrected chi connectivity index (χ3v) is 5.92. The van der Waals surface area contributed by atoms with Crippen molar-refractivity contribution in [3.63, 3.8) is 0 Å². The molecule has 0 spiro atoms. The van der Waals surface area contributed by atoms with Crippen molar-refractivity contribution in [3.8, 4) is 0 Å². The first-order valence-corrected chi connectivity index (χ1v) is 9.99. The Balaban J connectivity index is 1.32. The minimum absolute atomic E-state index is 0.0476. The monoisotopic (exact) mass is 397 g/mol. The van der Waals surface area contributed by atoms with Crippen LogP contribution in [0.4, 0.5) is 0 Å². The number of imidazole rings is 2. The summed E-state index contributed by atoms with van der Waals surface area (Å²) in [6.45, 7) is 2.21. The average molecular weight is 397 g/mol. The van der Waals surface area contributed by atoms with Crippen LogP contribution in [0.3, 0.4) is 0 Å². The smallest absolute Gasteiger partial charge is 0.274 e. The Morgan fingerprint density at radius 2 is 1.82 bits per heavy atom. The van der Waals surface area contributed by atoms with Gasteiger partial charge in [0.25, 0.3) is 11.8 Å². The quantitative estimate of drug-likeness (QED) is 0.512. The lowest BCUT2D eigenvalue weighted by molar-refractivity contribution is 0.0717. The molecule has 144 valence electrons. The Labute approximate surface area is 164 Å². The fourth-order valence-corrected chi connectivity index (χ4v) is 4.39. The summed E-state index contributed by atoms with van der Waals surface area (Å²) in [6.07, 6.45) is 9.70. The van der Waals surface area contributed by atoms with E-state index in [1.165, 1.54) is 11.3 Å². The maximum atomic E-state index is 13.0. The summed E-state index contributed by atoms with van der Waals surface area (Å²) in [5, 5.41) is 6.19. The van der Waals surface area contributed by atoms with Crippen LogP contribution in [0.5, 0.6) is 0 Å². The van der Waals surface area contributed by atoms with E-state index in [9.17, 15) is 9.59 Å². The van der Waals surface area contributed by atoms with Crippen molar-refractivity contribution in [3.05, 3.63) is 47.6 Å². The van der Waals surface area contributed by atoms with Gasteiger partial charge in [-0.1, -0.05) is 0 Å². The molecule has 5 heterocycles. The molecule has 0 aliphatic carbocycles. The van der Waals surface area contributed by atoms with Crippen molar-refractivity contribution < 1.29 is 9.59 Å². The molecule has 4 aromatic rings. The van der Waals surface area contributed by atoms with Crippen molar-refractivity contribution in [1.29, 1.82) is 0 Å². The van der Waals surface area contributed by atoms with Crippen LogP contribution in [0, 0.1) is 0 Å². The second-order valence-electron chi connectivity index (χ2n) is 6.89. The average Bonchev–Trinajstić information content (AvgIpc) is 3.41. The van der Waals surface area contributed by atoms with E-state index in [4.69, 9.17) is 0 Å². The number of aryl methyl sites for hydroxylation is 1. The van der Waals surface area contributed by atoms with Crippen LogP contribution in [0.15, 0.2) is 36.4 Å². The van der Waals surface area contributed by atoms with E-state index in [0.717, 1.165) is 17.0 Å². The molecule has 28 heavy (non-hydrogen) atoms. The third-order valence-electron chi connectivity index (χ3n) is 5.15. The number of aromatic nitrogens is 5. The minimum atomic E-state index is -0.0828. The normalized spacial score (nSPS) is 15.5. The molecule has 0 atom stereocenters. The van der Waals surface area contributed by atoms with Gasteiger partial charge >= 0.3 is 0 Å². The van der Waals surface area contributed by atoms with E-state index in [1.54, 1.807) is 21.8 Å². The molecule has 5 rings (SSSR count). The fraction of sp³-hybridized carbons (Fsp3) is 0.333. The maximum absolute atomic E-state index is 13.0. The molecule has 0 radical (unpaired) electrons. The van der Waals surface area contributed by atoms with E-state index in [-0.39, 0.29) is 11.8 Å². The SMILES string of the molecule is Cn1ccn2ncc(C(=O)N3CCCN(C(=O)c4cn5ccsc5n4)CC3)c12. The Hall–Kier alpha value is -3.14. The van der Waals surface area contributed by atoms with Crippen molar-refractivity contribution in [1.82, 2.24) is 33.4 Å². The van der Waals surface area contributed by atoms with Crippen molar-refractivity contribution in [2.45, 2.75) is 6.42 Å². The number of amides is 2. The highest BCUT2D eigenvalue weighted by molar-refractivity contribution is 7.15. The second kappa shape index (κ2) is 6.48. The lowest BCUT2D eigenvalue weighted by Gasteiger charge is -2.21. The van der Waals surface area contributed by atoms with Gasteiger partial charge in [-0.15, -0.1) is 11.3 Å². The zero-order chi connectivity index (χ0) is 19.3. The van der Waals surface area contributed by atoms with Crippen LogP contribution in [0.25, 0.3) is 10.6 Å². The van der Waals surface area contributed by atoms with Gasteiger partial charge < -0.3 is 14.4 Å². The van der Waals surface area contributed by atoms with E-state index in [2.05, 4.69) is 10.1 Å². The van der Waals surface area contributed by atoms with E-state index in [1.807, 2.05) is 44.9 Å². The zero-order valence-electron chi connectivity index (χ0n) is 15.4. The predicted molar refractivity (Wildman–Crippen MR) is 104 cm³/mol. The molecule has 0 aromatic carbocycles. The Kier molecular flexibility index (Phi) is 3.93. The van der Waals surface area contributed by atoms with Crippen LogP contribution >= 0.6 is 11.3 Å². The maximum Gasteiger partial charge on any atom is 0.274 e. The summed E-state index contributed by atoms with van der Waals surface area (Å²) in [7, 11) is 1.90. The Morgan fingerprint density at radius 3 is 2.61 bits per heavy atom. The number of rotatable bonds is 2. The summed E-state index contributed by atoms with van der Waals surface area (Å²) < 4.78 is 5.44. The van der Waals surface area contributed by atoms with Crippen LogP contribution in [-0.2, 0) is 7.05 Å². The lowest BCUT2D eigenvalue weighted by atomic mass is 10.2. The Bertz CT molecular complexity index is 1150. The first-order valence-electron chi connectivity index (χ1n) is 9.11. The number of carbonyl (C=O) groups is 2. The summed E-state index contributed by atoms with van der Waals surface area (Å²) in [4.78, 5) is 34.7. The third kappa shape index (κ3) is 2.68. The molecule has 1 fully saturated rings. The van der Waals surface area contributed by atoms with Crippen LogP contribution in [0.1, 0.15) is 27.3 Å². The number of thiazole rings is 1. The molecule has 10 heteroatoms. The Morgan fingerprint density at radius 1 is 1.04 bits per heavy atom. The van der Waals surface area contributed by atoms with E-state index in [0.29, 0.717) is 37.4 Å². The molecule has 0 unspecified atom stereocenters. The molecule has 2 amide bonds. The lowest BCUT2D eigenvalue weighted by Crippen LogP contribution is -2.37. The zero-order valence-corrected chi connectivity index (χ0v) is 16.2. The van der Waals surface area contributed by atoms with Crippen molar-refractivity contribution in [2.75, 3.05) is 26.2 Å². The first kappa shape index (κ1) is 17.0. The van der Waals surface area contributed by atoms with Gasteiger partial charge in [0.15, 0.2) is 4.96 Å². The highest BCUT2D eigenvalue weighted by Gasteiger charge is 2.27. The first-order chi connectivity index (χ1) is 13.6. The fourth-order valence-electron chi connectivity index (χ4n) is 3.69. The molecular weight excluding hydrogens is 378 g/mol. The summed E-state index contributed by atoms with van der Waals surface area (Å²) in [5.74, 6) is -0.130. The molecule has 1 aliphatic heterocycles. The van der Waals surface area contributed by atoms with Crippen molar-refractivity contribution >= 4 is 33.8 Å². The largest absolute Gasteiger partial charge is 0.337 e. The van der Waals surface area contributed by atoms with Crippen molar-refractivity contribution in [2.24, 2.45) is 7.05 Å². The number of hydrogen-bond acceptors (Lipinski definition) is 5. The van der Waals surface area contributed by atoms with Gasteiger partial charge in [0.2, 0.25) is 0 Å². The second-order valence-corrected chi connectivity index (χ2v) is 7.77. The molecule has 0 saturated carbocycles. The number of nitrogens with zero attached hydrogens (tertiary/aromatic N) is 7. The summed E-state index contributed by atoms with van der Waals surface area (Å²) in [6, 6.07) is 0. The highest BCUT2D eigenvalue weighted by Crippen LogP contribution is 2.17. The van der Waals surface area contributed by atoms with Gasteiger partial charge in [-0.25, -0.2) is 9.50 Å². The standard InChI is InChI=1S/C18H19N7O2S/c1-21-5-8-25-15(21)13(11-19-25)16(26)22-3-2-4-23(7-6-22)17(27)14-12-24-9-10-28-18(24)20-14/h5,8-12H,2-4,6-7H2,1H3. The van der Waals surface area contributed by atoms with Gasteiger partial charge in [-0.2, -0.15) is 5.10 Å². The summed E-state index contributed by atoms with van der Waals surface area (Å²) in [5.41, 5.74) is 1.82. The van der Waals surface area contributed by atoms with Gasteiger partial charge in [0.05, 0.1) is 6.20 Å². The highest BCUT2D eigenvalue weighted by atomic mass is 32.1. The molecular formula is C18H19N7O2S. The van der Waals surface area contributed by atoms with Crippen LogP contribution in [-0.4, -0.2) is 71.4 Å². The molecule has 9 nitrogen and oxygen atoms in total. The number of carbonyl (C=O) groups excluding carboxylic acids is 2. The predicted octanol–water partition coefficient (Wildman–Crippen LogP) is 1.37. The molecule has 1 aliphatic rings. The van der Waals surface area contributed by atoms with E-state index >= 15 is 0 Å². The van der Waals surface area contributed by atoms with Gasteiger partial charge in [-0.05, 0) is 6.42 Å². The number of fused-ring (bicyclic) bond motifs is 2. The van der Waals surface area contributed by atoms with Crippen LogP contribution in [0.2, 0.25) is 0 Å². The molecule has 0 N–H and O–H groups in total. The minimum Gasteiger partial charge on any atom is -0.337 e. The molecule has 0 bridgehead atoms. The molecule has 4 aromatic heterocycles. The van der Waals surface area contributed by atoms with Crippen LogP contribution < -0.4 is 0 Å². The van der Waals surface area contributed by atoms with Gasteiger partial charge in [0.1, 0.15) is 16.9 Å².